The van der Waals surface area contributed by atoms with E-state index in [1.807, 2.05) is 42.5 Å². The number of phenolic OH excluding ortho intramolecular Hbond substituents is 1. The molecule has 35 heavy (non-hydrogen) atoms. The van der Waals surface area contributed by atoms with E-state index in [0.717, 1.165) is 25.3 Å². The summed E-state index contributed by atoms with van der Waals surface area (Å²) in [4.78, 5) is 9.42. The highest BCUT2D eigenvalue weighted by Crippen LogP contribution is 2.43. The lowest BCUT2D eigenvalue weighted by Gasteiger charge is -2.16. The normalized spacial score (nSPS) is 12.3. The summed E-state index contributed by atoms with van der Waals surface area (Å²) in [5.41, 5.74) is 4.70. The number of hydrogen-bond donors (Lipinski definition) is 1. The van der Waals surface area contributed by atoms with Crippen molar-refractivity contribution in [3.63, 3.8) is 0 Å². The fourth-order valence-corrected chi connectivity index (χ4v) is 6.22. The predicted molar refractivity (Wildman–Crippen MR) is 147 cm³/mol. The maximum absolute atomic E-state index is 10.3. The van der Waals surface area contributed by atoms with Crippen molar-refractivity contribution in [3.8, 4) is 11.5 Å². The van der Waals surface area contributed by atoms with Crippen molar-refractivity contribution in [1.82, 2.24) is 4.98 Å². The van der Waals surface area contributed by atoms with Gasteiger partial charge < -0.3 is 9.84 Å². The van der Waals surface area contributed by atoms with Gasteiger partial charge in [0, 0.05) is 16.8 Å². The second-order valence-electron chi connectivity index (χ2n) is 7.75. The van der Waals surface area contributed by atoms with Crippen molar-refractivity contribution >= 4 is 56.8 Å². The van der Waals surface area contributed by atoms with E-state index in [1.165, 1.54) is 18.2 Å². The Labute approximate surface area is 216 Å². The molecule has 0 aliphatic carbocycles. The molecule has 1 atom stereocenters. The molecule has 174 valence electrons. The van der Waals surface area contributed by atoms with Crippen molar-refractivity contribution in [2.45, 2.75) is 9.59 Å². The van der Waals surface area contributed by atoms with Gasteiger partial charge in [-0.2, -0.15) is 0 Å². The zero-order chi connectivity index (χ0) is 24.2. The number of aliphatic imine (C=N–C) groups is 1. The second-order valence-corrected chi connectivity index (χ2v) is 10.6. The van der Waals surface area contributed by atoms with Gasteiger partial charge in [0.15, 0.2) is 15.8 Å². The van der Waals surface area contributed by atoms with Gasteiger partial charge in [0.05, 0.1) is 28.3 Å². The molecule has 4 nitrogen and oxygen atoms in total. The van der Waals surface area contributed by atoms with Crippen LogP contribution in [0.25, 0.3) is 10.2 Å². The molecule has 1 N–H and O–H groups in total. The molecule has 5 rings (SSSR count). The number of hydrogen-bond acceptors (Lipinski definition) is 6. The minimum Gasteiger partial charge on any atom is -0.504 e. The van der Waals surface area contributed by atoms with Crippen LogP contribution in [0.2, 0.25) is 5.02 Å². The fourth-order valence-electron chi connectivity index (χ4n) is 3.67. The smallest absolute Gasteiger partial charge is 0.166 e. The van der Waals surface area contributed by atoms with Gasteiger partial charge in [0.1, 0.15) is 0 Å². The molecule has 0 saturated carbocycles. The van der Waals surface area contributed by atoms with Crippen LogP contribution in [0.15, 0.2) is 100 Å². The van der Waals surface area contributed by atoms with Gasteiger partial charge in [-0.3, -0.25) is 4.99 Å². The van der Waals surface area contributed by atoms with Crippen LogP contribution in [0.3, 0.4) is 0 Å². The summed E-state index contributed by atoms with van der Waals surface area (Å²) in [6.45, 7) is 0. The summed E-state index contributed by atoms with van der Waals surface area (Å²) >= 11 is 9.50. The number of benzene rings is 4. The third-order valence-corrected chi connectivity index (χ3v) is 8.13. The van der Waals surface area contributed by atoms with Crippen LogP contribution in [0.5, 0.6) is 11.5 Å². The Morgan fingerprint density at radius 3 is 2.51 bits per heavy atom. The van der Waals surface area contributed by atoms with Gasteiger partial charge in [0.2, 0.25) is 0 Å². The number of thiazole rings is 1. The number of ether oxygens (including phenoxy) is 1. The van der Waals surface area contributed by atoms with E-state index >= 15 is 0 Å². The fraction of sp³-hybridized carbons (Fsp3) is 0.0714. The average Bonchev–Trinajstić information content (AvgIpc) is 3.30. The highest BCUT2D eigenvalue weighted by Gasteiger charge is 2.18. The van der Waals surface area contributed by atoms with Crippen molar-refractivity contribution < 1.29 is 9.84 Å². The summed E-state index contributed by atoms with van der Waals surface area (Å²) in [5, 5.41) is 11.1. The summed E-state index contributed by atoms with van der Waals surface area (Å²) in [5.74, 6) is 0.493. The lowest BCUT2D eigenvalue weighted by atomic mass is 10.0. The highest BCUT2D eigenvalue weighted by molar-refractivity contribution is 8.01. The van der Waals surface area contributed by atoms with E-state index in [1.54, 1.807) is 41.4 Å². The zero-order valence-corrected chi connectivity index (χ0v) is 21.1. The number of phenols is 1. The summed E-state index contributed by atoms with van der Waals surface area (Å²) < 4.78 is 7.21. The maximum atomic E-state index is 10.3. The van der Waals surface area contributed by atoms with Gasteiger partial charge in [-0.15, -0.1) is 11.3 Å². The SMILES string of the molecule is COc1cccc(C=Nc2ccc3nc(S[C@H](c4ccccc4)c4ccc(Cl)cc4)sc3c2)c1O. The summed E-state index contributed by atoms with van der Waals surface area (Å²) in [6.07, 6.45) is 1.64. The van der Waals surface area contributed by atoms with E-state index in [4.69, 9.17) is 21.3 Å². The molecule has 7 heteroatoms. The Balaban J connectivity index is 1.42. The quantitative estimate of drug-likeness (QED) is 0.174. The molecule has 0 bridgehead atoms. The first-order valence-electron chi connectivity index (χ1n) is 10.9. The third-order valence-electron chi connectivity index (χ3n) is 5.45. The number of rotatable bonds is 7. The largest absolute Gasteiger partial charge is 0.504 e. The molecule has 0 amide bonds. The van der Waals surface area contributed by atoms with Gasteiger partial charge in [-0.05, 0) is 53.6 Å². The van der Waals surface area contributed by atoms with Gasteiger partial charge in [-0.1, -0.05) is 71.9 Å². The van der Waals surface area contributed by atoms with Crippen molar-refractivity contribution in [1.29, 1.82) is 0 Å². The summed E-state index contributed by atoms with van der Waals surface area (Å²) in [6, 6.07) is 29.7. The number of methoxy groups -OCH3 is 1. The van der Waals surface area contributed by atoms with Gasteiger partial charge in [0.25, 0.3) is 0 Å². The van der Waals surface area contributed by atoms with Crippen LogP contribution in [0.1, 0.15) is 21.9 Å². The Hall–Kier alpha value is -3.32. The number of aromatic nitrogens is 1. The first-order valence-corrected chi connectivity index (χ1v) is 13.0. The molecule has 0 fully saturated rings. The average molecular weight is 517 g/mol. The molecule has 0 spiro atoms. The molecule has 0 unspecified atom stereocenters. The van der Waals surface area contributed by atoms with Crippen molar-refractivity contribution in [3.05, 3.63) is 113 Å². The zero-order valence-electron chi connectivity index (χ0n) is 18.8. The van der Waals surface area contributed by atoms with Crippen LogP contribution in [0.4, 0.5) is 5.69 Å². The molecule has 5 aromatic rings. The number of fused-ring (bicyclic) bond motifs is 1. The molecular formula is C28H21ClN2O2S2. The Morgan fingerprint density at radius 2 is 1.74 bits per heavy atom. The van der Waals surface area contributed by atoms with Gasteiger partial charge >= 0.3 is 0 Å². The van der Waals surface area contributed by atoms with Crippen LogP contribution in [-0.2, 0) is 0 Å². The predicted octanol–water partition coefficient (Wildman–Crippen LogP) is 8.30. The Morgan fingerprint density at radius 1 is 0.971 bits per heavy atom. The van der Waals surface area contributed by atoms with E-state index in [9.17, 15) is 5.11 Å². The lowest BCUT2D eigenvalue weighted by molar-refractivity contribution is 0.373. The molecular weight excluding hydrogens is 496 g/mol. The van der Waals surface area contributed by atoms with E-state index < -0.39 is 0 Å². The first-order chi connectivity index (χ1) is 17.1. The topological polar surface area (TPSA) is 54.7 Å². The second kappa shape index (κ2) is 10.5. The molecule has 4 aromatic carbocycles. The number of nitrogens with zero attached hydrogens (tertiary/aromatic N) is 2. The van der Waals surface area contributed by atoms with Crippen LogP contribution in [-0.4, -0.2) is 23.4 Å². The highest BCUT2D eigenvalue weighted by atomic mass is 35.5. The van der Waals surface area contributed by atoms with Crippen LogP contribution in [0, 0.1) is 0 Å². The standard InChI is InChI=1S/C28H21ClN2O2S2/c1-33-24-9-5-8-20(26(24)32)17-30-22-14-15-23-25(16-22)34-28(31-23)35-27(18-6-3-2-4-7-18)19-10-12-21(29)13-11-19/h2-17,27,32H,1H3/t27-/m1/s1. The number of aromatic hydroxyl groups is 1. The molecule has 0 aliphatic rings. The third kappa shape index (κ3) is 5.35. The number of para-hydroxylation sites is 1. The monoisotopic (exact) mass is 516 g/mol. The molecule has 0 radical (unpaired) electrons. The Bertz CT molecular complexity index is 1480. The van der Waals surface area contributed by atoms with Crippen LogP contribution < -0.4 is 4.74 Å². The first kappa shape index (κ1) is 23.4. The van der Waals surface area contributed by atoms with E-state index in [-0.39, 0.29) is 11.0 Å². The van der Waals surface area contributed by atoms with Gasteiger partial charge in [-0.25, -0.2) is 4.98 Å². The number of halogens is 1. The molecule has 0 saturated heterocycles. The lowest BCUT2D eigenvalue weighted by Crippen LogP contribution is -1.96. The van der Waals surface area contributed by atoms with Crippen molar-refractivity contribution in [2.24, 2.45) is 4.99 Å². The summed E-state index contributed by atoms with van der Waals surface area (Å²) in [7, 11) is 1.53. The molecule has 0 aliphatic heterocycles. The minimum absolute atomic E-state index is 0.0745. The maximum Gasteiger partial charge on any atom is 0.166 e. The van der Waals surface area contributed by atoms with Crippen LogP contribution >= 0.6 is 34.7 Å². The minimum atomic E-state index is 0.0745. The van der Waals surface area contributed by atoms with Crippen molar-refractivity contribution in [2.75, 3.05) is 7.11 Å². The van der Waals surface area contributed by atoms with E-state index in [0.29, 0.717) is 11.3 Å². The van der Waals surface area contributed by atoms with E-state index in [2.05, 4.69) is 41.4 Å². The molecule has 1 heterocycles. The molecule has 1 aromatic heterocycles. The Kier molecular flexibility index (Phi) is 7.04. The number of thioether (sulfide) groups is 1.